The average molecular weight is 325 g/mol. The highest BCUT2D eigenvalue weighted by Crippen LogP contribution is 2.35. The van der Waals surface area contributed by atoms with Gasteiger partial charge in [-0.05, 0) is 24.8 Å². The molecule has 1 saturated heterocycles. The Morgan fingerprint density at radius 2 is 2.33 bits per heavy atom. The van der Waals surface area contributed by atoms with Gasteiger partial charge in [-0.2, -0.15) is 4.98 Å². The smallest absolute Gasteiger partial charge is 0.222 e. The van der Waals surface area contributed by atoms with Crippen LogP contribution in [0.2, 0.25) is 4.34 Å². The van der Waals surface area contributed by atoms with Crippen LogP contribution in [0.5, 0.6) is 0 Å². The van der Waals surface area contributed by atoms with Crippen LogP contribution in [0, 0.1) is 6.92 Å². The first-order valence-electron chi connectivity index (χ1n) is 6.83. The van der Waals surface area contributed by atoms with E-state index in [1.54, 1.807) is 0 Å². The van der Waals surface area contributed by atoms with Gasteiger partial charge in [0.25, 0.3) is 0 Å². The molecule has 0 saturated carbocycles. The van der Waals surface area contributed by atoms with Gasteiger partial charge in [0.05, 0.1) is 17.0 Å². The average Bonchev–Trinajstić information content (AvgIpc) is 2.72. The molecule has 0 aliphatic carbocycles. The van der Waals surface area contributed by atoms with E-state index in [4.69, 9.17) is 22.1 Å². The van der Waals surface area contributed by atoms with Gasteiger partial charge in [0.2, 0.25) is 5.95 Å². The quantitative estimate of drug-likeness (QED) is 0.919. The molecule has 2 aromatic rings. The first-order chi connectivity index (χ1) is 10.1. The number of nitrogens with two attached hydrogens (primary N) is 1. The van der Waals surface area contributed by atoms with Gasteiger partial charge in [0, 0.05) is 30.5 Å². The number of ether oxygens (including phenoxy) is 1. The van der Waals surface area contributed by atoms with E-state index in [0.29, 0.717) is 12.6 Å². The summed E-state index contributed by atoms with van der Waals surface area (Å²) in [6.07, 6.45) is 0.946. The lowest BCUT2D eigenvalue weighted by molar-refractivity contribution is 0.134. The highest BCUT2D eigenvalue weighted by atomic mass is 35.5. The molecule has 7 heteroatoms. The molecule has 2 aromatic heterocycles. The Morgan fingerprint density at radius 1 is 1.48 bits per heavy atom. The van der Waals surface area contributed by atoms with Gasteiger partial charge in [-0.25, -0.2) is 4.98 Å². The fourth-order valence-corrected chi connectivity index (χ4v) is 3.59. The number of thiophene rings is 1. The van der Waals surface area contributed by atoms with Gasteiger partial charge in [-0.3, -0.25) is 0 Å². The predicted octanol–water partition coefficient (Wildman–Crippen LogP) is 3.05. The number of nitrogens with zero attached hydrogens (tertiary/aromatic N) is 3. The molecule has 1 fully saturated rings. The molecule has 1 atom stereocenters. The first-order valence-corrected chi connectivity index (χ1v) is 8.09. The monoisotopic (exact) mass is 324 g/mol. The molecule has 0 amide bonds. The van der Waals surface area contributed by atoms with Crippen LogP contribution >= 0.6 is 22.9 Å². The van der Waals surface area contributed by atoms with Gasteiger partial charge in [-0.1, -0.05) is 11.6 Å². The summed E-state index contributed by atoms with van der Waals surface area (Å²) >= 11 is 7.85. The molecule has 21 heavy (non-hydrogen) atoms. The lowest BCUT2D eigenvalue weighted by Gasteiger charge is -2.30. The number of nitrogen functional groups attached to an aromatic ring is 1. The fourth-order valence-electron chi connectivity index (χ4n) is 2.57. The van der Waals surface area contributed by atoms with Crippen molar-refractivity contribution < 1.29 is 4.74 Å². The fraction of sp³-hybridized carbons (Fsp3) is 0.429. The van der Waals surface area contributed by atoms with Gasteiger partial charge in [0.15, 0.2) is 0 Å². The van der Waals surface area contributed by atoms with Crippen molar-refractivity contribution in [3.8, 4) is 0 Å². The maximum absolute atomic E-state index is 6.32. The molecule has 2 N–H and O–H groups in total. The summed E-state index contributed by atoms with van der Waals surface area (Å²) in [6.45, 7) is 4.11. The van der Waals surface area contributed by atoms with Crippen molar-refractivity contribution in [2.24, 2.45) is 0 Å². The number of hydrogen-bond donors (Lipinski definition) is 1. The first kappa shape index (κ1) is 14.6. The van der Waals surface area contributed by atoms with Gasteiger partial charge in [-0.15, -0.1) is 11.3 Å². The Hall–Kier alpha value is -1.37. The second-order valence-corrected chi connectivity index (χ2v) is 6.53. The SMILES string of the molecule is Cc1cc(N2CCCOC[C@H]2c2ccsc2Cl)nc(N)n1. The Bertz CT molecular complexity index is 613. The minimum absolute atomic E-state index is 0.0555. The summed E-state index contributed by atoms with van der Waals surface area (Å²) in [4.78, 5) is 10.7. The molecule has 0 spiro atoms. The molecule has 0 bridgehead atoms. The number of aryl methyl sites for hydroxylation is 1. The molecule has 1 aliphatic heterocycles. The van der Waals surface area contributed by atoms with E-state index in [1.807, 2.05) is 18.4 Å². The van der Waals surface area contributed by atoms with Crippen LogP contribution in [-0.2, 0) is 4.74 Å². The second-order valence-electron chi connectivity index (χ2n) is 5.01. The van der Waals surface area contributed by atoms with Gasteiger partial charge < -0.3 is 15.4 Å². The van der Waals surface area contributed by atoms with Gasteiger partial charge >= 0.3 is 0 Å². The van der Waals surface area contributed by atoms with Crippen LogP contribution in [-0.4, -0.2) is 29.7 Å². The van der Waals surface area contributed by atoms with Crippen molar-refractivity contribution >= 4 is 34.7 Å². The van der Waals surface area contributed by atoms with Crippen molar-refractivity contribution in [1.82, 2.24) is 9.97 Å². The lowest BCUT2D eigenvalue weighted by atomic mass is 10.1. The van der Waals surface area contributed by atoms with E-state index in [0.717, 1.165) is 41.0 Å². The molecular weight excluding hydrogens is 308 g/mol. The van der Waals surface area contributed by atoms with Gasteiger partial charge in [0.1, 0.15) is 5.82 Å². The largest absolute Gasteiger partial charge is 0.379 e. The van der Waals surface area contributed by atoms with Crippen molar-refractivity contribution in [3.05, 3.63) is 33.1 Å². The summed E-state index contributed by atoms with van der Waals surface area (Å²) in [7, 11) is 0. The molecular formula is C14H17ClN4OS. The Morgan fingerprint density at radius 3 is 3.05 bits per heavy atom. The van der Waals surface area contributed by atoms with Crippen LogP contribution in [0.3, 0.4) is 0 Å². The lowest BCUT2D eigenvalue weighted by Crippen LogP contribution is -2.31. The van der Waals surface area contributed by atoms with Crippen LogP contribution in [0.15, 0.2) is 17.5 Å². The summed E-state index contributed by atoms with van der Waals surface area (Å²) < 4.78 is 6.53. The maximum Gasteiger partial charge on any atom is 0.222 e. The summed E-state index contributed by atoms with van der Waals surface area (Å²) in [5.74, 6) is 1.13. The van der Waals surface area contributed by atoms with Crippen molar-refractivity contribution in [2.75, 3.05) is 30.4 Å². The zero-order valence-corrected chi connectivity index (χ0v) is 13.3. The third kappa shape index (κ3) is 3.12. The highest BCUT2D eigenvalue weighted by Gasteiger charge is 2.27. The molecule has 112 valence electrons. The van der Waals surface area contributed by atoms with E-state index < -0.39 is 0 Å². The van der Waals surface area contributed by atoms with E-state index in [1.165, 1.54) is 11.3 Å². The van der Waals surface area contributed by atoms with E-state index in [-0.39, 0.29) is 6.04 Å². The topological polar surface area (TPSA) is 64.3 Å². The second kappa shape index (κ2) is 6.17. The molecule has 0 aromatic carbocycles. The molecule has 3 heterocycles. The number of anilines is 2. The molecule has 5 nitrogen and oxygen atoms in total. The molecule has 0 radical (unpaired) electrons. The predicted molar refractivity (Wildman–Crippen MR) is 86.0 cm³/mol. The summed E-state index contributed by atoms with van der Waals surface area (Å²) in [6, 6.07) is 4.06. The maximum atomic E-state index is 6.32. The zero-order valence-electron chi connectivity index (χ0n) is 11.8. The van der Waals surface area contributed by atoms with Crippen LogP contribution in [0.1, 0.15) is 23.7 Å². The minimum atomic E-state index is 0.0555. The zero-order chi connectivity index (χ0) is 14.8. The summed E-state index contributed by atoms with van der Waals surface area (Å²) in [5.41, 5.74) is 7.74. The summed E-state index contributed by atoms with van der Waals surface area (Å²) in [5, 5.41) is 2.00. The Balaban J connectivity index is 2.01. The molecule has 3 rings (SSSR count). The van der Waals surface area contributed by atoms with Crippen LogP contribution in [0.4, 0.5) is 11.8 Å². The number of halogens is 1. The molecule has 0 unspecified atom stereocenters. The Kier molecular flexibility index (Phi) is 4.28. The highest BCUT2D eigenvalue weighted by molar-refractivity contribution is 7.14. The third-order valence-electron chi connectivity index (χ3n) is 3.50. The number of aromatic nitrogens is 2. The van der Waals surface area contributed by atoms with E-state index >= 15 is 0 Å². The Labute approximate surface area is 132 Å². The van der Waals surface area contributed by atoms with Crippen molar-refractivity contribution in [3.63, 3.8) is 0 Å². The standard InChI is InChI=1S/C14H17ClN4OS/c1-9-7-12(18-14(16)17-9)19-4-2-5-20-8-11(19)10-3-6-21-13(10)15/h3,6-7,11H,2,4-5,8H2,1H3,(H2,16,17,18)/t11-/m0/s1. The number of rotatable bonds is 2. The third-order valence-corrected chi connectivity index (χ3v) is 4.70. The number of hydrogen-bond acceptors (Lipinski definition) is 6. The molecule has 1 aliphatic rings. The van der Waals surface area contributed by atoms with Crippen LogP contribution < -0.4 is 10.6 Å². The van der Waals surface area contributed by atoms with Crippen LogP contribution in [0.25, 0.3) is 0 Å². The van der Waals surface area contributed by atoms with Crippen molar-refractivity contribution in [1.29, 1.82) is 0 Å². The van der Waals surface area contributed by atoms with E-state index in [2.05, 4.69) is 20.9 Å². The van der Waals surface area contributed by atoms with Crippen molar-refractivity contribution in [2.45, 2.75) is 19.4 Å². The normalized spacial score (nSPS) is 19.5. The minimum Gasteiger partial charge on any atom is -0.379 e. The van der Waals surface area contributed by atoms with E-state index in [9.17, 15) is 0 Å².